The number of fused-ring (bicyclic) bond motifs is 6. The summed E-state index contributed by atoms with van der Waals surface area (Å²) in [6.45, 7) is 0. The normalized spacial score (nSPS) is 20.5. The standard InChI is InChI=1S/C20H18FN3O3/c21-10-1-6-13-15(9-10)16-14(7-8-22-19(16)26)18-17(13)23-20(24-18)27-12-4-2-11(25)3-5-12/h1,6-9,11-12,25H,2-5H2,(H,22,26)(H,23,24). The molecule has 6 nitrogen and oxygen atoms in total. The number of hydrogen-bond acceptors (Lipinski definition) is 4. The van der Waals surface area contributed by atoms with Crippen LogP contribution in [0.3, 0.4) is 0 Å². The van der Waals surface area contributed by atoms with E-state index in [9.17, 15) is 14.3 Å². The molecule has 3 N–H and O–H groups in total. The minimum atomic E-state index is -0.400. The van der Waals surface area contributed by atoms with Crippen LogP contribution in [0.15, 0.2) is 35.3 Å². The average molecular weight is 367 g/mol. The Hall–Kier alpha value is -2.93. The Morgan fingerprint density at radius 2 is 1.93 bits per heavy atom. The lowest BCUT2D eigenvalue weighted by Crippen LogP contribution is -2.26. The Bertz CT molecular complexity index is 1220. The van der Waals surface area contributed by atoms with Gasteiger partial charge in [0.05, 0.1) is 17.0 Å². The van der Waals surface area contributed by atoms with Crippen molar-refractivity contribution >= 4 is 32.6 Å². The smallest absolute Gasteiger partial charge is 0.294 e. The van der Waals surface area contributed by atoms with Crippen LogP contribution in [0.1, 0.15) is 25.7 Å². The number of benzene rings is 2. The van der Waals surface area contributed by atoms with Crippen LogP contribution in [0.4, 0.5) is 4.39 Å². The maximum atomic E-state index is 13.9. The molecule has 0 spiro atoms. The van der Waals surface area contributed by atoms with Crippen LogP contribution in [0, 0.1) is 5.82 Å². The van der Waals surface area contributed by atoms with E-state index in [-0.39, 0.29) is 17.8 Å². The number of nitrogens with one attached hydrogen (secondary N) is 2. The molecule has 2 aromatic heterocycles. The number of aliphatic hydroxyl groups is 1. The van der Waals surface area contributed by atoms with Crippen LogP contribution >= 0.6 is 0 Å². The van der Waals surface area contributed by atoms with Crippen molar-refractivity contribution in [2.75, 3.05) is 0 Å². The van der Waals surface area contributed by atoms with Crippen LogP contribution in [0.5, 0.6) is 6.01 Å². The molecule has 0 radical (unpaired) electrons. The SMILES string of the molecule is O=c1[nH]ccc2c3nc(OC4CCC(O)CC4)[nH]c3c3ccc(F)cc3c12. The van der Waals surface area contributed by atoms with Gasteiger partial charge in [0.15, 0.2) is 0 Å². The summed E-state index contributed by atoms with van der Waals surface area (Å²) in [7, 11) is 0. The maximum absolute atomic E-state index is 13.9. The highest BCUT2D eigenvalue weighted by Gasteiger charge is 2.23. The maximum Gasteiger partial charge on any atom is 0.294 e. The molecule has 2 heterocycles. The van der Waals surface area contributed by atoms with Crippen LogP contribution in [-0.4, -0.2) is 32.3 Å². The Balaban J connectivity index is 1.72. The summed E-state index contributed by atoms with van der Waals surface area (Å²) >= 11 is 0. The second-order valence-corrected chi connectivity index (χ2v) is 7.10. The zero-order valence-electron chi connectivity index (χ0n) is 14.5. The van der Waals surface area contributed by atoms with Crippen LogP contribution in [0.2, 0.25) is 0 Å². The molecular formula is C20H18FN3O3. The second-order valence-electron chi connectivity index (χ2n) is 7.10. The Morgan fingerprint density at radius 3 is 2.74 bits per heavy atom. The summed E-state index contributed by atoms with van der Waals surface area (Å²) < 4.78 is 19.9. The van der Waals surface area contributed by atoms with Gasteiger partial charge in [0.2, 0.25) is 0 Å². The van der Waals surface area contributed by atoms with E-state index < -0.39 is 5.82 Å². The lowest BCUT2D eigenvalue weighted by atomic mass is 9.95. The number of aliphatic hydroxyl groups excluding tert-OH is 1. The van der Waals surface area contributed by atoms with Gasteiger partial charge in [-0.2, -0.15) is 4.98 Å². The van der Waals surface area contributed by atoms with E-state index in [1.807, 2.05) is 0 Å². The van der Waals surface area contributed by atoms with Crippen molar-refractivity contribution in [3.05, 3.63) is 46.6 Å². The molecule has 27 heavy (non-hydrogen) atoms. The van der Waals surface area contributed by atoms with Crippen molar-refractivity contribution in [3.8, 4) is 6.01 Å². The molecular weight excluding hydrogens is 349 g/mol. The topological polar surface area (TPSA) is 91.0 Å². The summed E-state index contributed by atoms with van der Waals surface area (Å²) in [6, 6.07) is 6.54. The summed E-state index contributed by atoms with van der Waals surface area (Å²) in [5.74, 6) is -0.400. The van der Waals surface area contributed by atoms with Crippen molar-refractivity contribution in [2.24, 2.45) is 0 Å². The number of aromatic nitrogens is 3. The van der Waals surface area contributed by atoms with Gasteiger partial charge in [-0.3, -0.25) is 4.79 Å². The predicted molar refractivity (Wildman–Crippen MR) is 101 cm³/mol. The van der Waals surface area contributed by atoms with E-state index in [1.54, 1.807) is 18.3 Å². The van der Waals surface area contributed by atoms with E-state index in [1.165, 1.54) is 12.1 Å². The number of halogens is 1. The number of aromatic amines is 2. The van der Waals surface area contributed by atoms with Crippen molar-refractivity contribution in [1.82, 2.24) is 15.0 Å². The zero-order valence-corrected chi connectivity index (χ0v) is 14.5. The monoisotopic (exact) mass is 367 g/mol. The van der Waals surface area contributed by atoms with Crippen LogP contribution < -0.4 is 10.3 Å². The van der Waals surface area contributed by atoms with Gasteiger partial charge in [-0.25, -0.2) is 4.39 Å². The third-order valence-corrected chi connectivity index (χ3v) is 5.34. The lowest BCUT2D eigenvalue weighted by Gasteiger charge is -2.24. The van der Waals surface area contributed by atoms with Crippen molar-refractivity contribution < 1.29 is 14.2 Å². The van der Waals surface area contributed by atoms with Gasteiger partial charge in [0, 0.05) is 22.4 Å². The van der Waals surface area contributed by atoms with Gasteiger partial charge >= 0.3 is 0 Å². The van der Waals surface area contributed by atoms with E-state index in [0.717, 1.165) is 18.2 Å². The minimum absolute atomic E-state index is 0.00709. The fourth-order valence-corrected chi connectivity index (χ4v) is 4.00. The summed E-state index contributed by atoms with van der Waals surface area (Å²) in [5, 5.41) is 12.0. The number of ether oxygens (including phenoxy) is 1. The number of imidazole rings is 1. The number of H-pyrrole nitrogens is 2. The molecule has 1 fully saturated rings. The Morgan fingerprint density at radius 1 is 1.11 bits per heavy atom. The number of hydrogen-bond donors (Lipinski definition) is 3. The first-order valence-electron chi connectivity index (χ1n) is 9.07. The third kappa shape index (κ3) is 2.66. The highest BCUT2D eigenvalue weighted by Crippen LogP contribution is 2.34. The molecule has 1 aliphatic carbocycles. The molecule has 0 unspecified atom stereocenters. The fourth-order valence-electron chi connectivity index (χ4n) is 4.00. The molecule has 138 valence electrons. The van der Waals surface area contributed by atoms with E-state index in [4.69, 9.17) is 4.74 Å². The van der Waals surface area contributed by atoms with Gasteiger partial charge in [0.25, 0.3) is 11.6 Å². The Labute approximate surface area is 153 Å². The van der Waals surface area contributed by atoms with Gasteiger partial charge in [-0.05, 0) is 49.9 Å². The molecule has 0 aliphatic heterocycles. The molecule has 1 aliphatic rings. The first-order valence-corrected chi connectivity index (χ1v) is 9.07. The van der Waals surface area contributed by atoms with Gasteiger partial charge in [-0.15, -0.1) is 0 Å². The van der Waals surface area contributed by atoms with Crippen LogP contribution in [-0.2, 0) is 0 Å². The molecule has 0 atom stereocenters. The van der Waals surface area contributed by atoms with Gasteiger partial charge < -0.3 is 19.8 Å². The minimum Gasteiger partial charge on any atom is -0.461 e. The zero-order chi connectivity index (χ0) is 18.5. The lowest BCUT2D eigenvalue weighted by molar-refractivity contribution is 0.0625. The van der Waals surface area contributed by atoms with E-state index >= 15 is 0 Å². The highest BCUT2D eigenvalue weighted by atomic mass is 19.1. The van der Waals surface area contributed by atoms with E-state index in [2.05, 4.69) is 15.0 Å². The van der Waals surface area contributed by atoms with Crippen molar-refractivity contribution in [1.29, 1.82) is 0 Å². The first kappa shape index (κ1) is 16.3. The van der Waals surface area contributed by atoms with E-state index in [0.29, 0.717) is 46.0 Å². The van der Waals surface area contributed by atoms with Gasteiger partial charge in [-0.1, -0.05) is 0 Å². The van der Waals surface area contributed by atoms with Crippen LogP contribution in [0.25, 0.3) is 32.6 Å². The van der Waals surface area contributed by atoms with Gasteiger partial charge in [0.1, 0.15) is 17.4 Å². The predicted octanol–water partition coefficient (Wildman–Crippen LogP) is 3.38. The second kappa shape index (κ2) is 6.06. The number of nitrogens with zero attached hydrogens (tertiary/aromatic N) is 1. The number of pyridine rings is 1. The molecule has 7 heteroatoms. The highest BCUT2D eigenvalue weighted by molar-refractivity contribution is 6.23. The third-order valence-electron chi connectivity index (χ3n) is 5.34. The molecule has 0 saturated heterocycles. The molecule has 0 amide bonds. The molecule has 1 saturated carbocycles. The summed E-state index contributed by atoms with van der Waals surface area (Å²) in [6.07, 6.45) is 4.27. The molecule has 2 aromatic carbocycles. The quantitative estimate of drug-likeness (QED) is 0.474. The largest absolute Gasteiger partial charge is 0.461 e. The molecule has 5 rings (SSSR count). The van der Waals surface area contributed by atoms with Crippen molar-refractivity contribution in [3.63, 3.8) is 0 Å². The summed E-state index contributed by atoms with van der Waals surface area (Å²) in [5.41, 5.74) is 1.06. The fraction of sp³-hybridized carbons (Fsp3) is 0.300. The average Bonchev–Trinajstić information content (AvgIpc) is 3.07. The Kier molecular flexibility index (Phi) is 3.65. The van der Waals surface area contributed by atoms with Crippen molar-refractivity contribution in [2.45, 2.75) is 37.9 Å². The first-order chi connectivity index (χ1) is 13.1. The molecule has 0 bridgehead atoms. The summed E-state index contributed by atoms with van der Waals surface area (Å²) in [4.78, 5) is 22.9. The number of rotatable bonds is 2. The molecule has 4 aromatic rings.